The van der Waals surface area contributed by atoms with Crippen LogP contribution in [0, 0.1) is 0 Å². The monoisotopic (exact) mass is 285 g/mol. The number of hydrogen-bond donors (Lipinski definition) is 0. The van der Waals surface area contributed by atoms with Crippen molar-refractivity contribution in [2.24, 2.45) is 0 Å². The van der Waals surface area contributed by atoms with E-state index in [1.807, 2.05) is 48.5 Å². The van der Waals surface area contributed by atoms with E-state index in [0.29, 0.717) is 17.5 Å². The lowest BCUT2D eigenvalue weighted by atomic mass is 10.2. The van der Waals surface area contributed by atoms with Crippen molar-refractivity contribution in [3.63, 3.8) is 0 Å². The lowest BCUT2D eigenvalue weighted by molar-refractivity contribution is 0.284. The summed E-state index contributed by atoms with van der Waals surface area (Å²) in [6.45, 7) is 0.454. The third-order valence-electron chi connectivity index (χ3n) is 2.77. The van der Waals surface area contributed by atoms with Crippen molar-refractivity contribution < 1.29 is 4.74 Å². The molecule has 100 valence electrons. The molecule has 0 unspecified atom stereocenters. The van der Waals surface area contributed by atoms with Gasteiger partial charge in [-0.25, -0.2) is 4.98 Å². The van der Waals surface area contributed by atoms with E-state index in [4.69, 9.17) is 16.3 Å². The molecule has 0 spiro atoms. The van der Waals surface area contributed by atoms with Crippen LogP contribution in [0.1, 0.15) is 5.56 Å². The first-order valence-corrected chi connectivity index (χ1v) is 6.53. The number of benzene rings is 1. The van der Waals surface area contributed by atoms with E-state index < -0.39 is 0 Å². The van der Waals surface area contributed by atoms with Gasteiger partial charge in [0.05, 0.1) is 6.20 Å². The molecule has 2 aromatic heterocycles. The Labute approximate surface area is 121 Å². The Morgan fingerprint density at radius 2 is 1.85 bits per heavy atom. The lowest BCUT2D eigenvalue weighted by Crippen LogP contribution is -2.04. The molecule has 0 saturated carbocycles. The molecule has 5 heteroatoms. The summed E-state index contributed by atoms with van der Waals surface area (Å²) in [7, 11) is 0. The predicted molar refractivity (Wildman–Crippen MR) is 77.1 cm³/mol. The van der Waals surface area contributed by atoms with Crippen LogP contribution in [0.5, 0.6) is 5.88 Å². The van der Waals surface area contributed by atoms with Gasteiger partial charge in [0, 0.05) is 17.3 Å². The van der Waals surface area contributed by atoms with E-state index in [2.05, 4.69) is 10.1 Å². The van der Waals surface area contributed by atoms with Gasteiger partial charge in [0.2, 0.25) is 5.88 Å². The molecule has 4 nitrogen and oxygen atoms in total. The van der Waals surface area contributed by atoms with Gasteiger partial charge in [0.15, 0.2) is 5.82 Å². The van der Waals surface area contributed by atoms with E-state index in [9.17, 15) is 0 Å². The fourth-order valence-corrected chi connectivity index (χ4v) is 1.92. The van der Waals surface area contributed by atoms with Crippen molar-refractivity contribution in [2.45, 2.75) is 6.61 Å². The fourth-order valence-electron chi connectivity index (χ4n) is 1.79. The molecular weight excluding hydrogens is 274 g/mol. The minimum atomic E-state index is 0.454. The molecule has 0 N–H and O–H groups in total. The van der Waals surface area contributed by atoms with Crippen LogP contribution < -0.4 is 4.74 Å². The third-order valence-corrected chi connectivity index (χ3v) is 3.03. The summed E-state index contributed by atoms with van der Waals surface area (Å²) in [6.07, 6.45) is 3.41. The average Bonchev–Trinajstić information content (AvgIpc) is 2.96. The zero-order valence-electron chi connectivity index (χ0n) is 10.6. The summed E-state index contributed by atoms with van der Waals surface area (Å²) < 4.78 is 7.44. The molecule has 0 saturated heterocycles. The van der Waals surface area contributed by atoms with Gasteiger partial charge in [-0.15, -0.1) is 0 Å². The molecule has 0 aliphatic heterocycles. The predicted octanol–water partition coefficient (Wildman–Crippen LogP) is 3.50. The Bertz CT molecular complexity index is 680. The highest BCUT2D eigenvalue weighted by atomic mass is 35.5. The Balaban J connectivity index is 1.76. The first-order chi connectivity index (χ1) is 9.83. The number of rotatable bonds is 4. The number of halogens is 1. The standard InChI is InChI=1S/C15H12ClN3O/c16-13-6-4-12(5-7-13)11-20-15-8-10-18-19(15)14-3-1-2-9-17-14/h1-10H,11H2. The molecule has 3 rings (SSSR count). The molecule has 0 aliphatic rings. The van der Waals surface area contributed by atoms with Crippen LogP contribution in [0.25, 0.3) is 5.82 Å². The van der Waals surface area contributed by atoms with Gasteiger partial charge in [-0.05, 0) is 29.8 Å². The van der Waals surface area contributed by atoms with E-state index >= 15 is 0 Å². The van der Waals surface area contributed by atoms with Gasteiger partial charge in [0.25, 0.3) is 0 Å². The van der Waals surface area contributed by atoms with Crippen molar-refractivity contribution in [1.29, 1.82) is 0 Å². The van der Waals surface area contributed by atoms with Crippen LogP contribution >= 0.6 is 11.6 Å². The van der Waals surface area contributed by atoms with Crippen LogP contribution in [-0.4, -0.2) is 14.8 Å². The summed E-state index contributed by atoms with van der Waals surface area (Å²) in [5.41, 5.74) is 1.04. The molecule has 20 heavy (non-hydrogen) atoms. The highest BCUT2D eigenvalue weighted by Gasteiger charge is 2.06. The quantitative estimate of drug-likeness (QED) is 0.736. The number of nitrogens with zero attached hydrogens (tertiary/aromatic N) is 3. The summed E-state index contributed by atoms with van der Waals surface area (Å²) in [5.74, 6) is 1.38. The second-order valence-corrected chi connectivity index (χ2v) is 4.62. The van der Waals surface area contributed by atoms with Gasteiger partial charge in [-0.3, -0.25) is 0 Å². The Morgan fingerprint density at radius 3 is 2.60 bits per heavy atom. The Kier molecular flexibility index (Phi) is 3.65. The van der Waals surface area contributed by atoms with Crippen LogP contribution in [0.2, 0.25) is 5.02 Å². The number of hydrogen-bond acceptors (Lipinski definition) is 3. The summed E-state index contributed by atoms with van der Waals surface area (Å²) >= 11 is 5.85. The van der Waals surface area contributed by atoms with Gasteiger partial charge < -0.3 is 4.74 Å². The lowest BCUT2D eigenvalue weighted by Gasteiger charge is -2.08. The van der Waals surface area contributed by atoms with Gasteiger partial charge in [-0.2, -0.15) is 9.78 Å². The van der Waals surface area contributed by atoms with Crippen LogP contribution in [0.3, 0.4) is 0 Å². The number of pyridine rings is 1. The van der Waals surface area contributed by atoms with Crippen molar-refractivity contribution in [3.05, 3.63) is 71.5 Å². The molecule has 1 aromatic carbocycles. The van der Waals surface area contributed by atoms with E-state index in [-0.39, 0.29) is 0 Å². The summed E-state index contributed by atoms with van der Waals surface area (Å²) in [6, 6.07) is 15.0. The van der Waals surface area contributed by atoms with Gasteiger partial charge >= 0.3 is 0 Å². The fraction of sp³-hybridized carbons (Fsp3) is 0.0667. The zero-order valence-corrected chi connectivity index (χ0v) is 11.4. The van der Waals surface area contributed by atoms with E-state index in [0.717, 1.165) is 11.4 Å². The minimum absolute atomic E-state index is 0.454. The maximum Gasteiger partial charge on any atom is 0.218 e. The molecule has 0 atom stereocenters. The molecule has 3 aromatic rings. The Hall–Kier alpha value is -2.33. The van der Waals surface area contributed by atoms with Crippen LogP contribution in [0.15, 0.2) is 60.9 Å². The first kappa shape index (κ1) is 12.7. The maximum absolute atomic E-state index is 5.85. The van der Waals surface area contributed by atoms with E-state index in [1.165, 1.54) is 0 Å². The first-order valence-electron chi connectivity index (χ1n) is 6.15. The normalized spacial score (nSPS) is 10.4. The van der Waals surface area contributed by atoms with Gasteiger partial charge in [-0.1, -0.05) is 29.8 Å². The largest absolute Gasteiger partial charge is 0.473 e. The van der Waals surface area contributed by atoms with Crippen molar-refractivity contribution in [1.82, 2.24) is 14.8 Å². The highest BCUT2D eigenvalue weighted by molar-refractivity contribution is 6.30. The van der Waals surface area contributed by atoms with Crippen molar-refractivity contribution in [2.75, 3.05) is 0 Å². The highest BCUT2D eigenvalue weighted by Crippen LogP contribution is 2.17. The van der Waals surface area contributed by atoms with E-state index in [1.54, 1.807) is 17.1 Å². The number of aromatic nitrogens is 3. The third kappa shape index (κ3) is 2.81. The van der Waals surface area contributed by atoms with Crippen LogP contribution in [-0.2, 0) is 6.61 Å². The Morgan fingerprint density at radius 1 is 1.00 bits per heavy atom. The van der Waals surface area contributed by atoms with Gasteiger partial charge in [0.1, 0.15) is 6.61 Å². The topological polar surface area (TPSA) is 39.9 Å². The molecule has 0 radical (unpaired) electrons. The molecule has 0 amide bonds. The number of ether oxygens (including phenoxy) is 1. The maximum atomic E-state index is 5.85. The summed E-state index contributed by atoms with van der Waals surface area (Å²) in [4.78, 5) is 4.25. The molecular formula is C15H12ClN3O. The minimum Gasteiger partial charge on any atom is -0.473 e. The SMILES string of the molecule is Clc1ccc(COc2ccnn2-c2ccccn2)cc1. The average molecular weight is 286 g/mol. The van der Waals surface area contributed by atoms with Crippen LogP contribution in [0.4, 0.5) is 0 Å². The molecule has 0 aliphatic carbocycles. The van der Waals surface area contributed by atoms with Crippen molar-refractivity contribution in [3.8, 4) is 11.7 Å². The van der Waals surface area contributed by atoms with Crippen molar-refractivity contribution >= 4 is 11.6 Å². The molecule has 2 heterocycles. The molecule has 0 bridgehead atoms. The zero-order chi connectivity index (χ0) is 13.8. The smallest absolute Gasteiger partial charge is 0.218 e. The molecule has 0 fully saturated rings. The second kappa shape index (κ2) is 5.75. The second-order valence-electron chi connectivity index (χ2n) is 4.18. The summed E-state index contributed by atoms with van der Waals surface area (Å²) in [5, 5.41) is 4.94.